The van der Waals surface area contributed by atoms with Crippen molar-refractivity contribution in [2.75, 3.05) is 0 Å². The van der Waals surface area contributed by atoms with Gasteiger partial charge in [-0.05, 0) is 66.0 Å². The van der Waals surface area contributed by atoms with Gasteiger partial charge < -0.3 is 5.32 Å². The second kappa shape index (κ2) is 5.33. The Morgan fingerprint density at radius 1 is 1.47 bits per heavy atom. The molecule has 2 atom stereocenters. The molecule has 2 rings (SSSR count). The second-order valence-corrected chi connectivity index (χ2v) is 5.87. The van der Waals surface area contributed by atoms with Crippen molar-refractivity contribution in [1.82, 2.24) is 5.32 Å². The topological polar surface area (TPSA) is 29.1 Å². The van der Waals surface area contributed by atoms with Crippen LogP contribution in [0.5, 0.6) is 0 Å². The van der Waals surface area contributed by atoms with Crippen molar-refractivity contribution < 1.29 is 9.18 Å². The highest BCUT2D eigenvalue weighted by Crippen LogP contribution is 2.25. The van der Waals surface area contributed by atoms with Crippen molar-refractivity contribution in [3.63, 3.8) is 0 Å². The molecule has 4 heteroatoms. The predicted molar refractivity (Wildman–Crippen MR) is 73.4 cm³/mol. The molecule has 1 aliphatic carbocycles. The first-order valence-electron chi connectivity index (χ1n) is 5.82. The standard InChI is InChI=1S/C13H15FINO/c1-8-2-4-10(6-8)16-13(17)11-5-3-9(14)7-12(11)15/h3,5,7-8,10H,2,4,6H2,1H3,(H,16,17). The van der Waals surface area contributed by atoms with E-state index in [0.717, 1.165) is 12.8 Å². The molecule has 1 aromatic carbocycles. The van der Waals surface area contributed by atoms with Gasteiger partial charge in [0, 0.05) is 9.61 Å². The molecule has 1 aromatic rings. The maximum atomic E-state index is 12.9. The van der Waals surface area contributed by atoms with Gasteiger partial charge >= 0.3 is 0 Å². The molecule has 2 unspecified atom stereocenters. The van der Waals surface area contributed by atoms with Crippen LogP contribution in [0.25, 0.3) is 0 Å². The van der Waals surface area contributed by atoms with Gasteiger partial charge in [-0.25, -0.2) is 4.39 Å². The maximum Gasteiger partial charge on any atom is 0.252 e. The SMILES string of the molecule is CC1CCC(NC(=O)c2ccc(F)cc2I)C1. The van der Waals surface area contributed by atoms with Gasteiger partial charge in [-0.2, -0.15) is 0 Å². The van der Waals surface area contributed by atoms with Crippen molar-refractivity contribution in [1.29, 1.82) is 0 Å². The molecule has 0 aromatic heterocycles. The summed E-state index contributed by atoms with van der Waals surface area (Å²) >= 11 is 1.99. The number of rotatable bonds is 2. The molecule has 0 aliphatic heterocycles. The number of hydrogen-bond acceptors (Lipinski definition) is 1. The number of hydrogen-bond donors (Lipinski definition) is 1. The first kappa shape index (κ1) is 12.8. The lowest BCUT2D eigenvalue weighted by molar-refractivity contribution is 0.0936. The fourth-order valence-electron chi connectivity index (χ4n) is 2.27. The lowest BCUT2D eigenvalue weighted by Crippen LogP contribution is -2.33. The van der Waals surface area contributed by atoms with Crippen molar-refractivity contribution >= 4 is 28.5 Å². The van der Waals surface area contributed by atoms with Gasteiger partial charge in [-0.15, -0.1) is 0 Å². The summed E-state index contributed by atoms with van der Waals surface area (Å²) < 4.78 is 13.6. The fourth-order valence-corrected chi connectivity index (χ4v) is 3.00. The molecular formula is C13H15FINO. The smallest absolute Gasteiger partial charge is 0.252 e. The molecule has 17 heavy (non-hydrogen) atoms. The van der Waals surface area contributed by atoms with E-state index in [4.69, 9.17) is 0 Å². The summed E-state index contributed by atoms with van der Waals surface area (Å²) in [6, 6.07) is 4.53. The molecule has 92 valence electrons. The van der Waals surface area contributed by atoms with Crippen LogP contribution in [0.1, 0.15) is 36.5 Å². The molecule has 0 saturated heterocycles. The minimum absolute atomic E-state index is 0.0894. The molecule has 0 spiro atoms. The Balaban J connectivity index is 2.04. The summed E-state index contributed by atoms with van der Waals surface area (Å²) in [7, 11) is 0. The largest absolute Gasteiger partial charge is 0.349 e. The Morgan fingerprint density at radius 2 is 2.24 bits per heavy atom. The fraction of sp³-hybridized carbons (Fsp3) is 0.462. The van der Waals surface area contributed by atoms with Crippen LogP contribution in [0.2, 0.25) is 0 Å². The lowest BCUT2D eigenvalue weighted by Gasteiger charge is -2.13. The third-order valence-electron chi connectivity index (χ3n) is 3.21. The third-order valence-corrected chi connectivity index (χ3v) is 4.10. The number of carbonyl (C=O) groups excluding carboxylic acids is 1. The Bertz CT molecular complexity index is 435. The van der Waals surface area contributed by atoms with Gasteiger partial charge in [0.15, 0.2) is 0 Å². The Kier molecular flexibility index (Phi) is 4.01. The minimum atomic E-state index is -0.305. The van der Waals surface area contributed by atoms with E-state index < -0.39 is 0 Å². The van der Waals surface area contributed by atoms with Gasteiger partial charge in [0.05, 0.1) is 5.56 Å². The molecule has 0 heterocycles. The highest BCUT2D eigenvalue weighted by atomic mass is 127. The Hall–Kier alpha value is -0.650. The van der Waals surface area contributed by atoms with E-state index in [1.165, 1.54) is 18.6 Å². The zero-order chi connectivity index (χ0) is 12.4. The maximum absolute atomic E-state index is 12.9. The molecular weight excluding hydrogens is 332 g/mol. The zero-order valence-electron chi connectivity index (χ0n) is 9.67. The van der Waals surface area contributed by atoms with Crippen molar-refractivity contribution in [2.45, 2.75) is 32.2 Å². The van der Waals surface area contributed by atoms with Crippen LogP contribution in [0, 0.1) is 15.3 Å². The molecule has 1 fully saturated rings. The van der Waals surface area contributed by atoms with E-state index in [1.807, 2.05) is 22.6 Å². The number of benzene rings is 1. The summed E-state index contributed by atoms with van der Waals surface area (Å²) in [6.07, 6.45) is 3.26. The van der Waals surface area contributed by atoms with Crippen LogP contribution in [0.3, 0.4) is 0 Å². The number of carbonyl (C=O) groups is 1. The van der Waals surface area contributed by atoms with E-state index >= 15 is 0 Å². The zero-order valence-corrected chi connectivity index (χ0v) is 11.8. The average molecular weight is 347 g/mol. The lowest BCUT2D eigenvalue weighted by atomic mass is 10.1. The van der Waals surface area contributed by atoms with E-state index in [2.05, 4.69) is 12.2 Å². The summed E-state index contributed by atoms with van der Waals surface area (Å²) in [5.74, 6) is 0.293. The second-order valence-electron chi connectivity index (χ2n) is 4.71. The van der Waals surface area contributed by atoms with Crippen molar-refractivity contribution in [3.8, 4) is 0 Å². The third kappa shape index (κ3) is 3.18. The molecule has 1 amide bonds. The van der Waals surface area contributed by atoms with Gasteiger partial charge in [0.25, 0.3) is 5.91 Å². The summed E-state index contributed by atoms with van der Waals surface area (Å²) in [4.78, 5) is 12.0. The first-order valence-corrected chi connectivity index (χ1v) is 6.90. The molecule has 0 radical (unpaired) electrons. The van der Waals surface area contributed by atoms with Gasteiger partial charge in [0.1, 0.15) is 5.82 Å². The summed E-state index contributed by atoms with van der Waals surface area (Å²) in [6.45, 7) is 2.20. The number of halogens is 2. The van der Waals surface area contributed by atoms with Gasteiger partial charge in [-0.1, -0.05) is 6.92 Å². The minimum Gasteiger partial charge on any atom is -0.349 e. The highest BCUT2D eigenvalue weighted by molar-refractivity contribution is 14.1. The van der Waals surface area contributed by atoms with Crippen molar-refractivity contribution in [2.24, 2.45) is 5.92 Å². The Morgan fingerprint density at radius 3 is 2.82 bits per heavy atom. The van der Waals surface area contributed by atoms with Crippen LogP contribution < -0.4 is 5.32 Å². The summed E-state index contributed by atoms with van der Waals surface area (Å²) in [5.41, 5.74) is 0.562. The van der Waals surface area contributed by atoms with Crippen LogP contribution in [0.15, 0.2) is 18.2 Å². The van der Waals surface area contributed by atoms with E-state index in [9.17, 15) is 9.18 Å². The molecule has 0 bridgehead atoms. The number of amides is 1. The van der Waals surface area contributed by atoms with E-state index in [0.29, 0.717) is 15.1 Å². The normalized spacial score (nSPS) is 23.7. The van der Waals surface area contributed by atoms with Crippen LogP contribution >= 0.6 is 22.6 Å². The molecule has 1 aliphatic rings. The average Bonchev–Trinajstić information content (AvgIpc) is 2.63. The molecule has 1 N–H and O–H groups in total. The van der Waals surface area contributed by atoms with E-state index in [-0.39, 0.29) is 17.8 Å². The van der Waals surface area contributed by atoms with Gasteiger partial charge in [0.2, 0.25) is 0 Å². The number of nitrogens with one attached hydrogen (secondary N) is 1. The Labute approximate surface area is 114 Å². The molecule has 2 nitrogen and oxygen atoms in total. The van der Waals surface area contributed by atoms with Crippen LogP contribution in [0.4, 0.5) is 4.39 Å². The van der Waals surface area contributed by atoms with Crippen LogP contribution in [-0.4, -0.2) is 11.9 Å². The quantitative estimate of drug-likeness (QED) is 0.817. The summed E-state index contributed by atoms with van der Waals surface area (Å²) in [5, 5.41) is 3.02. The van der Waals surface area contributed by atoms with Gasteiger partial charge in [-0.3, -0.25) is 4.79 Å². The first-order chi connectivity index (χ1) is 8.06. The monoisotopic (exact) mass is 347 g/mol. The highest BCUT2D eigenvalue weighted by Gasteiger charge is 2.23. The molecule has 1 saturated carbocycles. The van der Waals surface area contributed by atoms with E-state index in [1.54, 1.807) is 6.07 Å². The predicted octanol–water partition coefficient (Wildman–Crippen LogP) is 3.35. The van der Waals surface area contributed by atoms with Crippen molar-refractivity contribution in [3.05, 3.63) is 33.1 Å². The van der Waals surface area contributed by atoms with Crippen LogP contribution in [-0.2, 0) is 0 Å².